The third-order valence-corrected chi connectivity index (χ3v) is 8.62. The van der Waals surface area contributed by atoms with Gasteiger partial charge in [0.15, 0.2) is 6.61 Å². The number of carbonyl (C=O) groups excluding carboxylic acids is 1. The Balaban J connectivity index is 1.15. The molecule has 2 aromatic carbocycles. The summed E-state index contributed by atoms with van der Waals surface area (Å²) in [5.41, 5.74) is 4.00. The monoisotopic (exact) mass is 589 g/mol. The maximum Gasteiger partial charge on any atom is 0.260 e. The second-order valence-corrected chi connectivity index (χ2v) is 11.4. The molecule has 0 aliphatic carbocycles. The van der Waals surface area contributed by atoms with E-state index in [2.05, 4.69) is 22.0 Å². The molecule has 3 aliphatic heterocycles. The number of aliphatic hydroxyl groups is 1. The summed E-state index contributed by atoms with van der Waals surface area (Å²) in [6.07, 6.45) is 6.22. The number of benzene rings is 2. The summed E-state index contributed by atoms with van der Waals surface area (Å²) in [7, 11) is 0. The van der Waals surface area contributed by atoms with Crippen LogP contribution in [-0.4, -0.2) is 78.3 Å². The van der Waals surface area contributed by atoms with E-state index in [4.69, 9.17) is 25.8 Å². The summed E-state index contributed by atoms with van der Waals surface area (Å²) in [5.74, 6) is 1.34. The molecule has 1 amide bonds. The predicted octanol–water partition coefficient (Wildman–Crippen LogP) is 4.67. The zero-order valence-electron chi connectivity index (χ0n) is 23.6. The molecular weight excluding hydrogens is 554 g/mol. The number of fused-ring (bicyclic) bond motifs is 2. The number of aromatic nitrogens is 1. The number of carbonyl (C=O) groups is 1. The van der Waals surface area contributed by atoms with Crippen molar-refractivity contribution < 1.29 is 24.1 Å². The van der Waals surface area contributed by atoms with Crippen LogP contribution < -0.4 is 9.47 Å². The lowest BCUT2D eigenvalue weighted by atomic mass is 9.84. The molecule has 8 nitrogen and oxygen atoms in total. The van der Waals surface area contributed by atoms with Crippen molar-refractivity contribution >= 4 is 23.1 Å². The molecule has 3 aromatic rings. The second kappa shape index (κ2) is 12.8. The van der Waals surface area contributed by atoms with Crippen LogP contribution in [0.1, 0.15) is 41.6 Å². The van der Waals surface area contributed by atoms with Gasteiger partial charge in [0.25, 0.3) is 5.91 Å². The highest BCUT2D eigenvalue weighted by Gasteiger charge is 2.33. The van der Waals surface area contributed by atoms with Gasteiger partial charge in [-0.3, -0.25) is 9.78 Å². The van der Waals surface area contributed by atoms with Crippen LogP contribution in [0.3, 0.4) is 0 Å². The number of ether oxygens (including phenoxy) is 3. The van der Waals surface area contributed by atoms with E-state index in [1.807, 2.05) is 48.5 Å². The van der Waals surface area contributed by atoms with E-state index < -0.39 is 5.60 Å². The van der Waals surface area contributed by atoms with Gasteiger partial charge in [-0.1, -0.05) is 35.9 Å². The molecule has 6 rings (SSSR count). The SMILES string of the molecule is O=C(COc1ccc2c(c1)/C(=C/CCN1CCC(O)(c3ccc(Cl)cc3)CC1)c1cccnc1CO2)N1CCOCC1. The summed E-state index contributed by atoms with van der Waals surface area (Å²) in [6.45, 7) is 5.16. The van der Waals surface area contributed by atoms with E-state index >= 15 is 0 Å². The molecule has 0 unspecified atom stereocenters. The number of amides is 1. The highest BCUT2D eigenvalue weighted by atomic mass is 35.5. The van der Waals surface area contributed by atoms with Gasteiger partial charge >= 0.3 is 0 Å². The first-order chi connectivity index (χ1) is 20.5. The summed E-state index contributed by atoms with van der Waals surface area (Å²) in [4.78, 5) is 21.4. The molecule has 9 heteroatoms. The Morgan fingerprint density at radius 2 is 1.83 bits per heavy atom. The van der Waals surface area contributed by atoms with Gasteiger partial charge < -0.3 is 29.1 Å². The molecule has 3 aliphatic rings. The summed E-state index contributed by atoms with van der Waals surface area (Å²) < 4.78 is 17.5. The first-order valence-corrected chi connectivity index (χ1v) is 15.0. The van der Waals surface area contributed by atoms with Gasteiger partial charge in [-0.2, -0.15) is 0 Å². The third-order valence-electron chi connectivity index (χ3n) is 8.37. The molecule has 1 aromatic heterocycles. The summed E-state index contributed by atoms with van der Waals surface area (Å²) in [5, 5.41) is 11.9. The van der Waals surface area contributed by atoms with Crippen molar-refractivity contribution in [2.75, 3.05) is 52.5 Å². The van der Waals surface area contributed by atoms with E-state index in [1.165, 1.54) is 0 Å². The Hall–Kier alpha value is -3.43. The zero-order chi connectivity index (χ0) is 28.9. The van der Waals surface area contributed by atoms with Crippen LogP contribution in [0.4, 0.5) is 0 Å². The molecule has 0 saturated carbocycles. The molecule has 0 spiro atoms. The minimum Gasteiger partial charge on any atom is -0.487 e. The Bertz CT molecular complexity index is 1430. The average molecular weight is 590 g/mol. The fraction of sp³-hybridized carbons (Fsp3) is 0.394. The number of nitrogens with zero attached hydrogens (tertiary/aromatic N) is 3. The van der Waals surface area contributed by atoms with Crippen molar-refractivity contribution in [1.29, 1.82) is 0 Å². The Morgan fingerprint density at radius 1 is 1.05 bits per heavy atom. The number of hydrogen-bond donors (Lipinski definition) is 1. The van der Waals surface area contributed by atoms with Crippen LogP contribution in [0.5, 0.6) is 11.5 Å². The molecular formula is C33H36ClN3O5. The molecule has 0 bridgehead atoms. The lowest BCUT2D eigenvalue weighted by Gasteiger charge is -2.38. The highest BCUT2D eigenvalue weighted by Crippen LogP contribution is 2.39. The van der Waals surface area contributed by atoms with Crippen LogP contribution in [0.15, 0.2) is 66.9 Å². The van der Waals surface area contributed by atoms with Gasteiger partial charge in [-0.05, 0) is 66.8 Å². The zero-order valence-corrected chi connectivity index (χ0v) is 24.4. The molecule has 42 heavy (non-hydrogen) atoms. The topological polar surface area (TPSA) is 84.4 Å². The normalized spacial score (nSPS) is 19.4. The van der Waals surface area contributed by atoms with E-state index in [0.29, 0.717) is 56.5 Å². The largest absolute Gasteiger partial charge is 0.487 e. The lowest BCUT2D eigenvalue weighted by molar-refractivity contribution is -0.137. The van der Waals surface area contributed by atoms with Gasteiger partial charge in [0, 0.05) is 55.1 Å². The van der Waals surface area contributed by atoms with Crippen molar-refractivity contribution in [3.05, 3.63) is 94.3 Å². The van der Waals surface area contributed by atoms with Crippen LogP contribution in [-0.2, 0) is 21.7 Å². The maximum atomic E-state index is 12.6. The van der Waals surface area contributed by atoms with Gasteiger partial charge in [0.05, 0.1) is 24.5 Å². The Morgan fingerprint density at radius 3 is 2.62 bits per heavy atom. The summed E-state index contributed by atoms with van der Waals surface area (Å²) >= 11 is 6.05. The van der Waals surface area contributed by atoms with Crippen molar-refractivity contribution in [2.24, 2.45) is 0 Å². The van der Waals surface area contributed by atoms with E-state index in [-0.39, 0.29) is 12.5 Å². The fourth-order valence-corrected chi connectivity index (χ4v) is 6.01. The maximum absolute atomic E-state index is 12.6. The number of hydrogen-bond acceptors (Lipinski definition) is 7. The second-order valence-electron chi connectivity index (χ2n) is 11.0. The Labute approximate surface area is 251 Å². The quantitative estimate of drug-likeness (QED) is 0.429. The van der Waals surface area contributed by atoms with Crippen molar-refractivity contribution in [3.8, 4) is 11.5 Å². The fourth-order valence-electron chi connectivity index (χ4n) is 5.88. The minimum atomic E-state index is -0.818. The third kappa shape index (κ3) is 6.47. The van der Waals surface area contributed by atoms with E-state index in [0.717, 1.165) is 59.8 Å². The van der Waals surface area contributed by atoms with Crippen molar-refractivity contribution in [2.45, 2.75) is 31.5 Å². The van der Waals surface area contributed by atoms with Crippen LogP contribution in [0, 0.1) is 0 Å². The lowest BCUT2D eigenvalue weighted by Crippen LogP contribution is -2.42. The first-order valence-electron chi connectivity index (χ1n) is 14.6. The predicted molar refractivity (Wildman–Crippen MR) is 161 cm³/mol. The van der Waals surface area contributed by atoms with Gasteiger partial charge in [-0.15, -0.1) is 0 Å². The van der Waals surface area contributed by atoms with Gasteiger partial charge in [0.2, 0.25) is 0 Å². The number of piperidine rings is 1. The Kier molecular flexibility index (Phi) is 8.76. The molecule has 0 atom stereocenters. The standard InChI is InChI=1S/C33H36ClN3O5/c34-25-7-5-24(6-8-25)33(39)11-15-36(16-12-33)14-2-4-27-28-3-1-13-35-30(28)22-42-31-10-9-26(21-29(27)31)41-23-32(38)37-17-19-40-20-18-37/h1,3-10,13,21,39H,2,11-12,14-20,22-23H2/b27-4+. The number of halogens is 1. The molecule has 4 heterocycles. The number of rotatable bonds is 7. The molecule has 0 radical (unpaired) electrons. The smallest absolute Gasteiger partial charge is 0.260 e. The van der Waals surface area contributed by atoms with E-state index in [1.54, 1.807) is 11.1 Å². The number of pyridine rings is 1. The summed E-state index contributed by atoms with van der Waals surface area (Å²) in [6, 6.07) is 17.3. The minimum absolute atomic E-state index is 0.0197. The van der Waals surface area contributed by atoms with Gasteiger partial charge in [0.1, 0.15) is 18.1 Å². The van der Waals surface area contributed by atoms with Crippen molar-refractivity contribution in [3.63, 3.8) is 0 Å². The molecule has 1 N–H and O–H groups in total. The molecule has 2 saturated heterocycles. The van der Waals surface area contributed by atoms with Crippen LogP contribution >= 0.6 is 11.6 Å². The average Bonchev–Trinajstić information content (AvgIpc) is 3.18. The highest BCUT2D eigenvalue weighted by molar-refractivity contribution is 6.30. The van der Waals surface area contributed by atoms with E-state index in [9.17, 15) is 9.90 Å². The number of morpholine rings is 1. The van der Waals surface area contributed by atoms with Crippen LogP contribution in [0.2, 0.25) is 5.02 Å². The first kappa shape index (κ1) is 28.7. The van der Waals surface area contributed by atoms with Gasteiger partial charge in [-0.25, -0.2) is 0 Å². The molecule has 220 valence electrons. The molecule has 2 fully saturated rings. The number of likely N-dealkylation sites (tertiary alicyclic amines) is 1. The van der Waals surface area contributed by atoms with Crippen molar-refractivity contribution in [1.82, 2.24) is 14.8 Å². The van der Waals surface area contributed by atoms with Crippen LogP contribution in [0.25, 0.3) is 5.57 Å².